The quantitative estimate of drug-likeness (QED) is 0.902. The number of hydrogen-bond acceptors (Lipinski definition) is 3. The molecule has 21 heavy (non-hydrogen) atoms. The van der Waals surface area contributed by atoms with E-state index in [1.807, 2.05) is 11.4 Å². The van der Waals surface area contributed by atoms with Gasteiger partial charge in [0, 0.05) is 30.5 Å². The molecule has 2 N–H and O–H groups in total. The van der Waals surface area contributed by atoms with Gasteiger partial charge >= 0.3 is 6.03 Å². The number of thiophene rings is 1. The van der Waals surface area contributed by atoms with Gasteiger partial charge in [0.25, 0.3) is 0 Å². The van der Waals surface area contributed by atoms with Gasteiger partial charge in [0.15, 0.2) is 0 Å². The van der Waals surface area contributed by atoms with E-state index in [4.69, 9.17) is 4.74 Å². The summed E-state index contributed by atoms with van der Waals surface area (Å²) in [4.78, 5) is 12.2. The van der Waals surface area contributed by atoms with Gasteiger partial charge in [0.2, 0.25) is 0 Å². The first kappa shape index (κ1) is 13.6. The lowest BCUT2D eigenvalue weighted by atomic mass is 9.54. The van der Waals surface area contributed by atoms with Crippen molar-refractivity contribution < 1.29 is 9.53 Å². The highest BCUT2D eigenvalue weighted by atomic mass is 32.1. The zero-order valence-electron chi connectivity index (χ0n) is 12.1. The highest BCUT2D eigenvalue weighted by Gasteiger charge is 2.65. The molecule has 0 bridgehead atoms. The molecule has 1 saturated heterocycles. The lowest BCUT2D eigenvalue weighted by Crippen LogP contribution is -2.69. The average Bonchev–Trinajstić information content (AvgIpc) is 3.22. The molecule has 0 radical (unpaired) electrons. The fourth-order valence-corrected chi connectivity index (χ4v) is 5.34. The third-order valence-electron chi connectivity index (χ3n) is 5.61. The molecule has 4 nitrogen and oxygen atoms in total. The lowest BCUT2D eigenvalue weighted by Gasteiger charge is -2.56. The standard InChI is InChI=1S/C16H22N2O2S/c19-15(17-9-11-4-8-21-10-11)18-13-12-3-7-20-14(12)16(13)5-1-2-6-16/h4,8,10,12-14H,1-3,5-7,9H2,(H2,17,18,19). The summed E-state index contributed by atoms with van der Waals surface area (Å²) in [5.74, 6) is 0.537. The summed E-state index contributed by atoms with van der Waals surface area (Å²) in [6.45, 7) is 1.48. The highest BCUT2D eigenvalue weighted by Crippen LogP contribution is 2.60. The van der Waals surface area contributed by atoms with Crippen LogP contribution < -0.4 is 10.6 Å². The molecule has 2 aliphatic carbocycles. The van der Waals surface area contributed by atoms with E-state index in [2.05, 4.69) is 16.0 Å². The Kier molecular flexibility index (Phi) is 3.42. The van der Waals surface area contributed by atoms with Gasteiger partial charge in [0.05, 0.1) is 6.10 Å². The number of ether oxygens (including phenoxy) is 1. The predicted molar refractivity (Wildman–Crippen MR) is 82.2 cm³/mol. The summed E-state index contributed by atoms with van der Waals surface area (Å²) >= 11 is 1.66. The van der Waals surface area contributed by atoms with Gasteiger partial charge in [0.1, 0.15) is 0 Å². The third-order valence-corrected chi connectivity index (χ3v) is 6.34. The summed E-state index contributed by atoms with van der Waals surface area (Å²) in [7, 11) is 0. The maximum Gasteiger partial charge on any atom is 0.315 e. The van der Waals surface area contributed by atoms with Gasteiger partial charge in [-0.1, -0.05) is 12.8 Å². The molecule has 3 unspecified atom stereocenters. The first-order valence-corrected chi connectivity index (χ1v) is 8.91. The van der Waals surface area contributed by atoms with Gasteiger partial charge < -0.3 is 15.4 Å². The molecule has 3 atom stereocenters. The maximum atomic E-state index is 12.2. The molecule has 1 spiro atoms. The van der Waals surface area contributed by atoms with E-state index >= 15 is 0 Å². The van der Waals surface area contributed by atoms with Crippen LogP contribution in [0.15, 0.2) is 16.8 Å². The third kappa shape index (κ3) is 2.18. The van der Waals surface area contributed by atoms with Crippen LogP contribution in [0.2, 0.25) is 0 Å². The van der Waals surface area contributed by atoms with Crippen molar-refractivity contribution in [3.05, 3.63) is 22.4 Å². The minimum atomic E-state index is -0.0252. The molecule has 4 rings (SSSR count). The number of nitrogens with one attached hydrogen (secondary N) is 2. The van der Waals surface area contributed by atoms with Crippen molar-refractivity contribution in [2.24, 2.45) is 11.3 Å². The number of rotatable bonds is 3. The van der Waals surface area contributed by atoms with Gasteiger partial charge in [-0.2, -0.15) is 11.3 Å². The number of carbonyl (C=O) groups excluding carboxylic acids is 1. The van der Waals surface area contributed by atoms with Crippen molar-refractivity contribution in [2.75, 3.05) is 6.61 Å². The second kappa shape index (κ2) is 5.29. The Morgan fingerprint density at radius 2 is 2.29 bits per heavy atom. The molecule has 1 aromatic heterocycles. The Morgan fingerprint density at radius 3 is 3.05 bits per heavy atom. The van der Waals surface area contributed by atoms with E-state index in [0.717, 1.165) is 13.0 Å². The number of hydrogen-bond donors (Lipinski definition) is 2. The second-order valence-electron chi connectivity index (χ2n) is 6.62. The molecule has 2 amide bonds. The molecule has 0 aromatic carbocycles. The molecular formula is C16H22N2O2S. The zero-order valence-corrected chi connectivity index (χ0v) is 13.0. The van der Waals surface area contributed by atoms with Crippen LogP contribution in [0.3, 0.4) is 0 Å². The van der Waals surface area contributed by atoms with Gasteiger partial charge in [-0.25, -0.2) is 4.79 Å². The van der Waals surface area contributed by atoms with Crippen LogP contribution in [0, 0.1) is 11.3 Å². The van der Waals surface area contributed by atoms with Crippen LogP contribution in [0.4, 0.5) is 4.79 Å². The topological polar surface area (TPSA) is 50.4 Å². The van der Waals surface area contributed by atoms with E-state index in [9.17, 15) is 4.79 Å². The van der Waals surface area contributed by atoms with Crippen molar-refractivity contribution in [1.82, 2.24) is 10.6 Å². The number of urea groups is 1. The van der Waals surface area contributed by atoms with Gasteiger partial charge in [-0.05, 0) is 41.7 Å². The van der Waals surface area contributed by atoms with Crippen molar-refractivity contribution in [3.63, 3.8) is 0 Å². The van der Waals surface area contributed by atoms with Crippen LogP contribution in [-0.2, 0) is 11.3 Å². The molecule has 2 heterocycles. The first-order valence-electron chi connectivity index (χ1n) is 7.97. The Bertz CT molecular complexity index is 510. The average molecular weight is 306 g/mol. The Balaban J connectivity index is 1.38. The molecular weight excluding hydrogens is 284 g/mol. The number of fused-ring (bicyclic) bond motifs is 2. The monoisotopic (exact) mass is 306 g/mol. The van der Waals surface area contributed by atoms with Crippen LogP contribution in [-0.4, -0.2) is 24.8 Å². The van der Waals surface area contributed by atoms with Crippen molar-refractivity contribution in [1.29, 1.82) is 0 Å². The summed E-state index contributed by atoms with van der Waals surface area (Å²) in [5, 5.41) is 10.4. The summed E-state index contributed by atoms with van der Waals surface area (Å²) in [6.07, 6.45) is 6.49. The molecule has 114 valence electrons. The van der Waals surface area contributed by atoms with Gasteiger partial charge in [-0.3, -0.25) is 0 Å². The fraction of sp³-hybridized carbons (Fsp3) is 0.688. The van der Waals surface area contributed by atoms with E-state index in [0.29, 0.717) is 24.6 Å². The number of amides is 2. The molecule has 3 aliphatic rings. The van der Waals surface area contributed by atoms with E-state index < -0.39 is 0 Å². The Labute approximate surface area is 129 Å². The molecule has 3 fully saturated rings. The van der Waals surface area contributed by atoms with Crippen molar-refractivity contribution >= 4 is 17.4 Å². The van der Waals surface area contributed by atoms with Crippen LogP contribution in [0.5, 0.6) is 0 Å². The summed E-state index contributed by atoms with van der Waals surface area (Å²) in [5.41, 5.74) is 1.40. The molecule has 1 aliphatic heterocycles. The first-order chi connectivity index (χ1) is 10.3. The van der Waals surface area contributed by atoms with Crippen LogP contribution in [0.25, 0.3) is 0 Å². The maximum absolute atomic E-state index is 12.2. The second-order valence-corrected chi connectivity index (χ2v) is 7.40. The predicted octanol–water partition coefficient (Wildman–Crippen LogP) is 2.90. The number of carbonyl (C=O) groups is 1. The molecule has 2 saturated carbocycles. The summed E-state index contributed by atoms with van der Waals surface area (Å²) < 4.78 is 5.95. The van der Waals surface area contributed by atoms with E-state index in [1.54, 1.807) is 11.3 Å². The molecule has 5 heteroatoms. The smallest absolute Gasteiger partial charge is 0.315 e. The zero-order chi connectivity index (χ0) is 14.3. The van der Waals surface area contributed by atoms with Crippen LogP contribution in [0.1, 0.15) is 37.7 Å². The van der Waals surface area contributed by atoms with Crippen molar-refractivity contribution in [2.45, 2.75) is 50.8 Å². The molecule has 1 aromatic rings. The van der Waals surface area contributed by atoms with Crippen molar-refractivity contribution in [3.8, 4) is 0 Å². The largest absolute Gasteiger partial charge is 0.377 e. The minimum Gasteiger partial charge on any atom is -0.377 e. The highest BCUT2D eigenvalue weighted by molar-refractivity contribution is 7.07. The summed E-state index contributed by atoms with van der Waals surface area (Å²) in [6, 6.07) is 2.34. The minimum absolute atomic E-state index is 0.0252. The van der Waals surface area contributed by atoms with Gasteiger partial charge in [-0.15, -0.1) is 0 Å². The fourth-order valence-electron chi connectivity index (χ4n) is 4.67. The SMILES string of the molecule is O=C(NCc1ccsc1)NC1C2CCOC2C12CCCC2. The lowest BCUT2D eigenvalue weighted by molar-refractivity contribution is -0.126. The Morgan fingerprint density at radius 1 is 1.43 bits per heavy atom. The van der Waals surface area contributed by atoms with E-state index in [-0.39, 0.29) is 11.4 Å². The van der Waals surface area contributed by atoms with E-state index in [1.165, 1.54) is 31.2 Å². The van der Waals surface area contributed by atoms with Crippen LogP contribution >= 0.6 is 11.3 Å². The normalized spacial score (nSPS) is 32.7. The Hall–Kier alpha value is -1.07.